The molecule has 0 radical (unpaired) electrons. The van der Waals surface area contributed by atoms with Crippen LogP contribution in [0.15, 0.2) is 0 Å². The maximum atomic E-state index is 11.7. The van der Waals surface area contributed by atoms with E-state index in [1.54, 1.807) is 4.90 Å². The number of aliphatic hydroxyl groups is 1. The second-order valence-corrected chi connectivity index (χ2v) is 6.54. The second-order valence-electron chi connectivity index (χ2n) is 5.10. The van der Waals surface area contributed by atoms with Crippen LogP contribution in [0.1, 0.15) is 26.7 Å². The summed E-state index contributed by atoms with van der Waals surface area (Å²) < 4.78 is 0.671. The Hall–Kier alpha value is 0.120. The number of halogens is 1. The predicted molar refractivity (Wildman–Crippen MR) is 77.0 cm³/mol. The minimum atomic E-state index is -1.02. The Morgan fingerprint density at radius 3 is 2.41 bits per heavy atom. The number of carbonyl (C=O) groups excluding carboxylic acids is 1. The van der Waals surface area contributed by atoms with Crippen molar-refractivity contribution < 1.29 is 9.90 Å². The average Bonchev–Trinajstić information content (AvgIpc) is 2.36. The lowest BCUT2D eigenvalue weighted by molar-refractivity contribution is -0.141. The fourth-order valence-electron chi connectivity index (χ4n) is 2.29. The van der Waals surface area contributed by atoms with Gasteiger partial charge in [-0.3, -0.25) is 4.79 Å². The van der Waals surface area contributed by atoms with Crippen molar-refractivity contribution in [2.24, 2.45) is 17.6 Å². The van der Waals surface area contributed by atoms with Crippen LogP contribution in [0.2, 0.25) is 0 Å². The number of likely N-dealkylation sites (tertiary alicyclic amines) is 1. The summed E-state index contributed by atoms with van der Waals surface area (Å²) in [5.41, 5.74) is 5.30. The molecule has 5 heteroatoms. The molecule has 1 fully saturated rings. The van der Waals surface area contributed by atoms with Gasteiger partial charge in [-0.25, -0.2) is 0 Å². The molecule has 0 aliphatic carbocycles. The quantitative estimate of drug-likeness (QED) is 0.585. The molecule has 1 unspecified atom stereocenters. The number of nitrogens with zero attached hydrogens (tertiary/aromatic N) is 1. The van der Waals surface area contributed by atoms with Crippen LogP contribution in [0.25, 0.3) is 0 Å². The Labute approximate surface area is 117 Å². The molecular formula is C12H23IN2O2. The van der Waals surface area contributed by atoms with Crippen molar-refractivity contribution in [3.05, 3.63) is 0 Å². The summed E-state index contributed by atoms with van der Waals surface area (Å²) in [7, 11) is 0. The van der Waals surface area contributed by atoms with Gasteiger partial charge in [0.2, 0.25) is 0 Å². The predicted octanol–water partition coefficient (Wildman–Crippen LogP) is 1.00. The molecule has 1 amide bonds. The highest BCUT2D eigenvalue weighted by atomic mass is 127. The summed E-state index contributed by atoms with van der Waals surface area (Å²) in [5, 5.41) is 9.42. The number of hydrogen-bond donors (Lipinski definition) is 2. The van der Waals surface area contributed by atoms with Crippen LogP contribution in [0.5, 0.6) is 0 Å². The van der Waals surface area contributed by atoms with Gasteiger partial charge in [0.1, 0.15) is 6.10 Å². The van der Waals surface area contributed by atoms with Crippen molar-refractivity contribution in [2.45, 2.75) is 36.7 Å². The Kier molecular flexibility index (Phi) is 6.16. The van der Waals surface area contributed by atoms with Gasteiger partial charge in [0.15, 0.2) is 0 Å². The highest BCUT2D eigenvalue weighted by Gasteiger charge is 2.30. The normalized spacial score (nSPS) is 21.6. The molecule has 1 heterocycles. The van der Waals surface area contributed by atoms with Crippen LogP contribution in [0, 0.1) is 11.8 Å². The van der Waals surface area contributed by atoms with E-state index < -0.39 is 6.10 Å². The molecule has 0 aromatic rings. The van der Waals surface area contributed by atoms with Crippen molar-refractivity contribution in [3.63, 3.8) is 0 Å². The van der Waals surface area contributed by atoms with Crippen molar-refractivity contribution in [2.75, 3.05) is 19.6 Å². The first-order chi connectivity index (χ1) is 7.97. The average molecular weight is 354 g/mol. The highest BCUT2D eigenvalue weighted by Crippen LogP contribution is 2.30. The van der Waals surface area contributed by atoms with Gasteiger partial charge in [-0.2, -0.15) is 0 Å². The van der Waals surface area contributed by atoms with E-state index >= 15 is 0 Å². The molecule has 100 valence electrons. The number of carbonyl (C=O) groups is 1. The van der Waals surface area contributed by atoms with Crippen LogP contribution < -0.4 is 5.73 Å². The Bertz CT molecular complexity index is 253. The largest absolute Gasteiger partial charge is 0.382 e. The van der Waals surface area contributed by atoms with Crippen molar-refractivity contribution in [1.82, 2.24) is 4.90 Å². The first kappa shape index (κ1) is 15.2. The summed E-state index contributed by atoms with van der Waals surface area (Å²) in [4.78, 5) is 13.5. The van der Waals surface area contributed by atoms with Gasteiger partial charge in [-0.15, -0.1) is 0 Å². The van der Waals surface area contributed by atoms with Gasteiger partial charge >= 0.3 is 0 Å². The van der Waals surface area contributed by atoms with E-state index in [0.717, 1.165) is 25.9 Å². The summed E-state index contributed by atoms with van der Waals surface area (Å²) in [5.74, 6) is 1.16. The summed E-state index contributed by atoms with van der Waals surface area (Å²) in [6.07, 6.45) is 1.05. The van der Waals surface area contributed by atoms with Crippen LogP contribution in [0.3, 0.4) is 0 Å². The smallest absolute Gasteiger partial charge is 0.252 e. The Morgan fingerprint density at radius 1 is 1.47 bits per heavy atom. The van der Waals surface area contributed by atoms with Gasteiger partial charge in [0.25, 0.3) is 5.91 Å². The third-order valence-electron chi connectivity index (χ3n) is 3.45. The van der Waals surface area contributed by atoms with Crippen molar-refractivity contribution in [1.29, 1.82) is 0 Å². The monoisotopic (exact) mass is 354 g/mol. The van der Waals surface area contributed by atoms with Crippen LogP contribution in [-0.2, 0) is 4.79 Å². The first-order valence-electron chi connectivity index (χ1n) is 6.28. The van der Waals surface area contributed by atoms with Gasteiger partial charge in [0.05, 0.1) is 0 Å². The maximum absolute atomic E-state index is 11.7. The zero-order valence-corrected chi connectivity index (χ0v) is 12.8. The SMILES string of the molecule is CC(C)[C@H](I)C1CCN(C(=O)C(O)CN)CC1. The fraction of sp³-hybridized carbons (Fsp3) is 0.917. The molecule has 0 spiro atoms. The van der Waals surface area contributed by atoms with Crippen LogP contribution in [-0.4, -0.2) is 45.6 Å². The molecule has 0 bridgehead atoms. The standard InChI is InChI=1S/C12H23IN2O2/c1-8(2)11(13)9-3-5-15(6-4-9)12(17)10(16)7-14/h8-11,16H,3-7,14H2,1-2H3/t10?,11-/m0/s1. The first-order valence-corrected chi connectivity index (χ1v) is 7.53. The number of nitrogens with two attached hydrogens (primary N) is 1. The topological polar surface area (TPSA) is 66.6 Å². The third-order valence-corrected chi connectivity index (χ3v) is 5.90. The number of aliphatic hydroxyl groups excluding tert-OH is 1. The number of piperidine rings is 1. The number of alkyl halides is 1. The van der Waals surface area contributed by atoms with E-state index in [1.165, 1.54) is 0 Å². The van der Waals surface area contributed by atoms with E-state index in [1.807, 2.05) is 0 Å². The summed E-state index contributed by atoms with van der Waals surface area (Å²) in [6, 6.07) is 0. The Morgan fingerprint density at radius 2 is 2.00 bits per heavy atom. The fourth-order valence-corrected chi connectivity index (χ4v) is 3.01. The lowest BCUT2D eigenvalue weighted by atomic mass is 9.88. The molecule has 0 saturated carbocycles. The van der Waals surface area contributed by atoms with Crippen molar-refractivity contribution >= 4 is 28.5 Å². The molecule has 1 aliphatic heterocycles. The number of amides is 1. The molecular weight excluding hydrogens is 331 g/mol. The van der Waals surface area contributed by atoms with E-state index in [9.17, 15) is 9.90 Å². The van der Waals surface area contributed by atoms with Gasteiger partial charge < -0.3 is 15.7 Å². The summed E-state index contributed by atoms with van der Waals surface area (Å²) in [6.45, 7) is 6.01. The molecule has 4 nitrogen and oxygen atoms in total. The summed E-state index contributed by atoms with van der Waals surface area (Å²) >= 11 is 2.52. The van der Waals surface area contributed by atoms with E-state index in [2.05, 4.69) is 36.4 Å². The number of rotatable bonds is 4. The van der Waals surface area contributed by atoms with Gasteiger partial charge in [-0.05, 0) is 24.7 Å². The maximum Gasteiger partial charge on any atom is 0.252 e. The molecule has 0 aromatic carbocycles. The third kappa shape index (κ3) is 4.06. The molecule has 1 saturated heterocycles. The van der Waals surface area contributed by atoms with Crippen LogP contribution in [0.4, 0.5) is 0 Å². The lowest BCUT2D eigenvalue weighted by Crippen LogP contribution is -2.47. The Balaban J connectivity index is 2.43. The zero-order chi connectivity index (χ0) is 13.0. The lowest BCUT2D eigenvalue weighted by Gasteiger charge is -2.36. The molecule has 1 rings (SSSR count). The van der Waals surface area contributed by atoms with Gasteiger partial charge in [0, 0.05) is 23.6 Å². The minimum absolute atomic E-state index is 0.0136. The minimum Gasteiger partial charge on any atom is -0.382 e. The second kappa shape index (κ2) is 6.89. The number of hydrogen-bond acceptors (Lipinski definition) is 3. The molecule has 2 atom stereocenters. The van der Waals surface area contributed by atoms with Crippen molar-refractivity contribution in [3.8, 4) is 0 Å². The van der Waals surface area contributed by atoms with E-state index in [0.29, 0.717) is 15.8 Å². The molecule has 0 aromatic heterocycles. The van der Waals surface area contributed by atoms with Crippen LogP contribution >= 0.6 is 22.6 Å². The zero-order valence-electron chi connectivity index (χ0n) is 10.6. The molecule has 1 aliphatic rings. The van der Waals surface area contributed by atoms with E-state index in [4.69, 9.17) is 5.73 Å². The van der Waals surface area contributed by atoms with Gasteiger partial charge in [-0.1, -0.05) is 36.4 Å². The molecule has 3 N–H and O–H groups in total. The highest BCUT2D eigenvalue weighted by molar-refractivity contribution is 14.1. The molecule has 17 heavy (non-hydrogen) atoms. The van der Waals surface area contributed by atoms with E-state index in [-0.39, 0.29) is 12.5 Å².